The fourth-order valence-electron chi connectivity index (χ4n) is 3.63. The largest absolute Gasteiger partial charge is 0.342 e. The van der Waals surface area contributed by atoms with Crippen molar-refractivity contribution < 1.29 is 18.4 Å². The summed E-state index contributed by atoms with van der Waals surface area (Å²) in [6.07, 6.45) is 3.61. The molecule has 6 nitrogen and oxygen atoms in total. The quantitative estimate of drug-likeness (QED) is 0.803. The monoisotopic (exact) mass is 368 g/mol. The number of hydrogen-bond acceptors (Lipinski definition) is 3. The molecule has 0 radical (unpaired) electrons. The Balaban J connectivity index is 1.65. The molecule has 8 heteroatoms. The summed E-state index contributed by atoms with van der Waals surface area (Å²) < 4.78 is 28.4. The van der Waals surface area contributed by atoms with Crippen molar-refractivity contribution in [2.75, 3.05) is 19.6 Å². The zero-order valence-electron chi connectivity index (χ0n) is 15.2. The standard InChI is InChI=1S/C18H26F2N4O2/c1-2-3-4-16(25)23-12-14-5-8-21-24(14)15(13-23)11-17(26)22-9-6-18(19,20)7-10-22/h5,8,15H,2-4,6-7,9-13H2,1H3/t15-/m0/s1. The first kappa shape index (κ1) is 18.8. The number of halogens is 2. The number of piperidine rings is 1. The molecule has 3 rings (SSSR count). The summed E-state index contributed by atoms with van der Waals surface area (Å²) in [5, 5.41) is 4.30. The SMILES string of the molecule is CCCCC(=O)N1Cc2ccnn2[C@@H](CC(=O)N2CCC(F)(F)CC2)C1. The third kappa shape index (κ3) is 4.22. The molecule has 1 fully saturated rings. The molecule has 3 heterocycles. The average Bonchev–Trinajstić information content (AvgIpc) is 3.08. The maximum atomic E-state index is 13.3. The number of aromatic nitrogens is 2. The van der Waals surface area contributed by atoms with E-state index in [9.17, 15) is 18.4 Å². The predicted molar refractivity (Wildman–Crippen MR) is 91.6 cm³/mol. The summed E-state index contributed by atoms with van der Waals surface area (Å²) in [6.45, 7) is 3.16. The van der Waals surface area contributed by atoms with Crippen molar-refractivity contribution in [3.05, 3.63) is 18.0 Å². The lowest BCUT2D eigenvalue weighted by Crippen LogP contribution is -2.46. The molecular weight excluding hydrogens is 342 g/mol. The Labute approximate surface area is 152 Å². The number of likely N-dealkylation sites (tertiary alicyclic amines) is 1. The molecule has 1 aromatic heterocycles. The zero-order valence-corrected chi connectivity index (χ0v) is 15.2. The Morgan fingerprint density at radius 1 is 1.23 bits per heavy atom. The van der Waals surface area contributed by atoms with Crippen LogP contribution in [-0.4, -0.2) is 57.0 Å². The van der Waals surface area contributed by atoms with Crippen LogP contribution in [0.3, 0.4) is 0 Å². The van der Waals surface area contributed by atoms with E-state index >= 15 is 0 Å². The van der Waals surface area contributed by atoms with Gasteiger partial charge in [-0.3, -0.25) is 14.3 Å². The molecule has 2 amide bonds. The van der Waals surface area contributed by atoms with E-state index in [1.54, 1.807) is 15.8 Å². The lowest BCUT2D eigenvalue weighted by atomic mass is 10.0. The molecule has 0 aliphatic carbocycles. The maximum Gasteiger partial charge on any atom is 0.251 e. The van der Waals surface area contributed by atoms with Gasteiger partial charge in [0.15, 0.2) is 0 Å². The fraction of sp³-hybridized carbons (Fsp3) is 0.722. The smallest absolute Gasteiger partial charge is 0.251 e. The van der Waals surface area contributed by atoms with Crippen LogP contribution >= 0.6 is 0 Å². The number of rotatable bonds is 5. The fourth-order valence-corrected chi connectivity index (χ4v) is 3.63. The first-order chi connectivity index (χ1) is 12.4. The van der Waals surface area contributed by atoms with Crippen LogP contribution < -0.4 is 0 Å². The van der Waals surface area contributed by atoms with Gasteiger partial charge < -0.3 is 9.80 Å². The van der Waals surface area contributed by atoms with E-state index in [0.29, 0.717) is 19.5 Å². The molecule has 144 valence electrons. The van der Waals surface area contributed by atoms with Crippen molar-refractivity contribution in [2.24, 2.45) is 0 Å². The van der Waals surface area contributed by atoms with E-state index in [1.165, 1.54) is 4.90 Å². The van der Waals surface area contributed by atoms with Crippen LogP contribution in [0.25, 0.3) is 0 Å². The number of unbranched alkanes of at least 4 members (excludes halogenated alkanes) is 1. The van der Waals surface area contributed by atoms with Crippen LogP contribution in [0.5, 0.6) is 0 Å². The normalized spacial score (nSPS) is 22.2. The van der Waals surface area contributed by atoms with E-state index in [2.05, 4.69) is 5.10 Å². The van der Waals surface area contributed by atoms with Gasteiger partial charge in [-0.25, -0.2) is 8.78 Å². The highest BCUT2D eigenvalue weighted by molar-refractivity contribution is 5.78. The van der Waals surface area contributed by atoms with Gasteiger partial charge in [0, 0.05) is 45.1 Å². The highest BCUT2D eigenvalue weighted by Crippen LogP contribution is 2.29. The molecule has 0 spiro atoms. The number of alkyl halides is 2. The van der Waals surface area contributed by atoms with Crippen LogP contribution in [0.15, 0.2) is 12.3 Å². The Hall–Kier alpha value is -1.99. The van der Waals surface area contributed by atoms with Crippen LogP contribution in [0.4, 0.5) is 8.78 Å². The van der Waals surface area contributed by atoms with Gasteiger partial charge in [-0.2, -0.15) is 5.10 Å². The van der Waals surface area contributed by atoms with Gasteiger partial charge in [0.2, 0.25) is 11.8 Å². The first-order valence-corrected chi connectivity index (χ1v) is 9.35. The summed E-state index contributed by atoms with van der Waals surface area (Å²) in [4.78, 5) is 28.3. The van der Waals surface area contributed by atoms with Crippen LogP contribution in [-0.2, 0) is 16.1 Å². The molecule has 1 saturated heterocycles. The molecule has 0 unspecified atom stereocenters. The van der Waals surface area contributed by atoms with Gasteiger partial charge in [0.1, 0.15) is 0 Å². The van der Waals surface area contributed by atoms with Crippen molar-refractivity contribution in [1.82, 2.24) is 19.6 Å². The molecule has 0 saturated carbocycles. The van der Waals surface area contributed by atoms with Crippen molar-refractivity contribution in [2.45, 2.75) is 64.0 Å². The third-order valence-electron chi connectivity index (χ3n) is 5.24. The van der Waals surface area contributed by atoms with Crippen LogP contribution in [0.1, 0.15) is 57.2 Å². The number of hydrogen-bond donors (Lipinski definition) is 0. The highest BCUT2D eigenvalue weighted by Gasteiger charge is 2.37. The van der Waals surface area contributed by atoms with Gasteiger partial charge in [-0.05, 0) is 12.5 Å². The summed E-state index contributed by atoms with van der Waals surface area (Å²) in [5.74, 6) is -2.72. The van der Waals surface area contributed by atoms with Crippen molar-refractivity contribution in [3.63, 3.8) is 0 Å². The molecule has 1 aromatic rings. The van der Waals surface area contributed by atoms with Crippen molar-refractivity contribution >= 4 is 11.8 Å². The molecule has 0 bridgehead atoms. The minimum atomic E-state index is -2.67. The molecule has 0 aromatic carbocycles. The Morgan fingerprint density at radius 2 is 1.96 bits per heavy atom. The topological polar surface area (TPSA) is 58.4 Å². The number of fused-ring (bicyclic) bond motifs is 1. The molecule has 2 aliphatic heterocycles. The van der Waals surface area contributed by atoms with E-state index in [-0.39, 0.29) is 50.2 Å². The minimum absolute atomic E-state index is 0.0870. The molecular formula is C18H26F2N4O2. The minimum Gasteiger partial charge on any atom is -0.342 e. The van der Waals surface area contributed by atoms with Gasteiger partial charge in [-0.1, -0.05) is 13.3 Å². The maximum absolute atomic E-state index is 13.3. The molecule has 2 aliphatic rings. The number of nitrogens with zero attached hydrogens (tertiary/aromatic N) is 4. The van der Waals surface area contributed by atoms with Gasteiger partial charge in [-0.15, -0.1) is 0 Å². The Bertz CT molecular complexity index is 651. The molecule has 0 N–H and O–H groups in total. The lowest BCUT2D eigenvalue weighted by molar-refractivity contribution is -0.140. The number of carbonyl (C=O) groups is 2. The second kappa shape index (κ2) is 7.72. The van der Waals surface area contributed by atoms with Crippen molar-refractivity contribution in [1.29, 1.82) is 0 Å². The van der Waals surface area contributed by atoms with E-state index in [0.717, 1.165) is 18.5 Å². The second-order valence-corrected chi connectivity index (χ2v) is 7.24. The van der Waals surface area contributed by atoms with Crippen molar-refractivity contribution in [3.8, 4) is 0 Å². The Morgan fingerprint density at radius 3 is 2.65 bits per heavy atom. The first-order valence-electron chi connectivity index (χ1n) is 9.35. The summed E-state index contributed by atoms with van der Waals surface area (Å²) in [6, 6.07) is 1.62. The second-order valence-electron chi connectivity index (χ2n) is 7.24. The average molecular weight is 368 g/mol. The van der Waals surface area contributed by atoms with Crippen LogP contribution in [0.2, 0.25) is 0 Å². The van der Waals surface area contributed by atoms with Gasteiger partial charge in [0.25, 0.3) is 5.92 Å². The summed E-state index contributed by atoms with van der Waals surface area (Å²) in [5.41, 5.74) is 0.907. The van der Waals surface area contributed by atoms with E-state index in [4.69, 9.17) is 0 Å². The summed E-state index contributed by atoms with van der Waals surface area (Å²) in [7, 11) is 0. The number of carbonyl (C=O) groups excluding carboxylic acids is 2. The van der Waals surface area contributed by atoms with E-state index < -0.39 is 5.92 Å². The Kier molecular flexibility index (Phi) is 5.58. The predicted octanol–water partition coefficient (Wildman–Crippen LogP) is 2.60. The van der Waals surface area contributed by atoms with E-state index in [1.807, 2.05) is 13.0 Å². The molecule has 26 heavy (non-hydrogen) atoms. The summed E-state index contributed by atoms with van der Waals surface area (Å²) >= 11 is 0. The van der Waals surface area contributed by atoms with Gasteiger partial charge in [0.05, 0.1) is 24.7 Å². The third-order valence-corrected chi connectivity index (χ3v) is 5.24. The van der Waals surface area contributed by atoms with Crippen LogP contribution in [0, 0.1) is 0 Å². The lowest BCUT2D eigenvalue weighted by Gasteiger charge is -2.36. The van der Waals surface area contributed by atoms with Gasteiger partial charge >= 0.3 is 0 Å². The number of amides is 2. The zero-order chi connectivity index (χ0) is 18.7. The molecule has 1 atom stereocenters. The highest BCUT2D eigenvalue weighted by atomic mass is 19.3.